The molecule has 0 saturated carbocycles. The van der Waals surface area contributed by atoms with Gasteiger partial charge in [0.15, 0.2) is 0 Å². The van der Waals surface area contributed by atoms with Crippen LogP contribution in [-0.2, 0) is 10.0 Å². The average molecular weight is 181 g/mol. The Bertz CT molecular complexity index is 196. The van der Waals surface area contributed by atoms with Gasteiger partial charge in [0.2, 0.25) is 10.0 Å². The molecule has 0 heterocycles. The molecule has 0 amide bonds. The molecular weight excluding hydrogens is 166 g/mol. The first-order chi connectivity index (χ1) is 4.86. The highest BCUT2D eigenvalue weighted by atomic mass is 32.2. The summed E-state index contributed by atoms with van der Waals surface area (Å²) in [5.41, 5.74) is 0. The van der Waals surface area contributed by atoms with Crippen LogP contribution in [0.2, 0.25) is 0 Å². The van der Waals surface area contributed by atoms with Gasteiger partial charge in [0.25, 0.3) is 0 Å². The van der Waals surface area contributed by atoms with Gasteiger partial charge in [-0.2, -0.15) is 0 Å². The molecule has 0 aliphatic rings. The molecule has 11 heavy (non-hydrogen) atoms. The topological polar surface area (TPSA) is 66.4 Å². The highest BCUT2D eigenvalue weighted by molar-refractivity contribution is 7.90. The molecule has 0 unspecified atom stereocenters. The van der Waals surface area contributed by atoms with Crippen molar-refractivity contribution in [3.63, 3.8) is 0 Å². The van der Waals surface area contributed by atoms with Gasteiger partial charge in [-0.25, -0.2) is 13.1 Å². The van der Waals surface area contributed by atoms with E-state index in [-0.39, 0.29) is 6.54 Å². The van der Waals surface area contributed by atoms with Crippen molar-refractivity contribution in [2.24, 2.45) is 0 Å². The molecule has 0 saturated heterocycles. The Kier molecular flexibility index (Phi) is 3.99. The van der Waals surface area contributed by atoms with Gasteiger partial charge in [0, 0.05) is 6.54 Å². The van der Waals surface area contributed by atoms with Gasteiger partial charge < -0.3 is 5.11 Å². The molecule has 0 aromatic rings. The predicted molar refractivity (Wildman–Crippen MR) is 43.7 cm³/mol. The van der Waals surface area contributed by atoms with Gasteiger partial charge in [0.1, 0.15) is 0 Å². The van der Waals surface area contributed by atoms with E-state index < -0.39 is 21.4 Å². The van der Waals surface area contributed by atoms with E-state index in [4.69, 9.17) is 5.11 Å². The summed E-state index contributed by atoms with van der Waals surface area (Å²) in [5, 5.41) is 8.33. The van der Waals surface area contributed by atoms with Crippen molar-refractivity contribution in [1.29, 1.82) is 0 Å². The molecule has 0 radical (unpaired) electrons. The van der Waals surface area contributed by atoms with Gasteiger partial charge in [-0.15, -0.1) is 0 Å². The Labute approximate surface area is 67.7 Å². The minimum absolute atomic E-state index is 0.0838. The van der Waals surface area contributed by atoms with Crippen LogP contribution in [0.3, 0.4) is 0 Å². The predicted octanol–water partition coefficient (Wildman–Crippen LogP) is -0.305. The highest BCUT2D eigenvalue weighted by Crippen LogP contribution is 1.95. The zero-order chi connectivity index (χ0) is 9.07. The Hall–Kier alpha value is -0.130. The molecule has 0 aromatic heterocycles. The fraction of sp³-hybridized carbons (Fsp3) is 1.00. The summed E-state index contributed by atoms with van der Waals surface area (Å²) in [6.45, 7) is 4.79. The summed E-state index contributed by atoms with van der Waals surface area (Å²) in [6, 6.07) is 0. The first-order valence-corrected chi connectivity index (χ1v) is 5.07. The van der Waals surface area contributed by atoms with E-state index in [0.29, 0.717) is 0 Å². The number of rotatable bonds is 4. The third-order valence-corrected chi connectivity index (χ3v) is 3.01. The molecule has 0 fully saturated rings. The first kappa shape index (κ1) is 10.9. The van der Waals surface area contributed by atoms with Crippen LogP contribution < -0.4 is 4.72 Å². The standard InChI is InChI=1S/C6H15NO3S/c1-5(2)11(9,10)7-4-6(3)8/h5-8H,4H2,1-3H3/t6-/m1/s1. The van der Waals surface area contributed by atoms with Crippen molar-refractivity contribution in [1.82, 2.24) is 4.72 Å². The Morgan fingerprint density at radius 2 is 1.82 bits per heavy atom. The van der Waals surface area contributed by atoms with E-state index in [1.54, 1.807) is 13.8 Å². The first-order valence-electron chi connectivity index (χ1n) is 3.53. The zero-order valence-corrected chi connectivity index (χ0v) is 7.85. The van der Waals surface area contributed by atoms with Crippen molar-refractivity contribution in [3.8, 4) is 0 Å². The summed E-state index contributed by atoms with van der Waals surface area (Å²) in [5.74, 6) is 0. The second kappa shape index (κ2) is 4.04. The average Bonchev–Trinajstić information content (AvgIpc) is 1.84. The largest absolute Gasteiger partial charge is 0.392 e. The molecule has 68 valence electrons. The van der Waals surface area contributed by atoms with E-state index >= 15 is 0 Å². The van der Waals surface area contributed by atoms with E-state index in [1.807, 2.05) is 0 Å². The fourth-order valence-electron chi connectivity index (χ4n) is 0.403. The maximum Gasteiger partial charge on any atom is 0.214 e. The van der Waals surface area contributed by atoms with E-state index in [1.165, 1.54) is 6.92 Å². The number of hydrogen-bond donors (Lipinski definition) is 2. The lowest BCUT2D eigenvalue weighted by Crippen LogP contribution is -2.35. The van der Waals surface area contributed by atoms with Gasteiger partial charge in [0.05, 0.1) is 11.4 Å². The molecule has 0 bridgehead atoms. The molecule has 5 heteroatoms. The van der Waals surface area contributed by atoms with Crippen molar-refractivity contribution in [2.45, 2.75) is 32.1 Å². The lowest BCUT2D eigenvalue weighted by atomic mass is 10.4. The van der Waals surface area contributed by atoms with Crippen LogP contribution in [0, 0.1) is 0 Å². The lowest BCUT2D eigenvalue weighted by Gasteiger charge is -2.10. The summed E-state index contributed by atoms with van der Waals surface area (Å²) in [4.78, 5) is 0. The van der Waals surface area contributed by atoms with Gasteiger partial charge >= 0.3 is 0 Å². The number of aliphatic hydroxyl groups excluding tert-OH is 1. The van der Waals surface area contributed by atoms with Crippen molar-refractivity contribution in [3.05, 3.63) is 0 Å². The van der Waals surface area contributed by atoms with E-state index in [0.717, 1.165) is 0 Å². The Balaban J connectivity index is 3.95. The highest BCUT2D eigenvalue weighted by Gasteiger charge is 2.14. The van der Waals surface area contributed by atoms with Crippen molar-refractivity contribution in [2.75, 3.05) is 6.54 Å². The summed E-state index contributed by atoms with van der Waals surface area (Å²) in [7, 11) is -3.20. The van der Waals surface area contributed by atoms with Crippen LogP contribution in [0.5, 0.6) is 0 Å². The van der Waals surface area contributed by atoms with Crippen LogP contribution in [0.4, 0.5) is 0 Å². The van der Waals surface area contributed by atoms with Crippen LogP contribution in [0.1, 0.15) is 20.8 Å². The molecule has 0 aliphatic heterocycles. The SMILES string of the molecule is CC(C)S(=O)(=O)NC[C@@H](C)O. The maximum atomic E-state index is 11.0. The van der Waals surface area contributed by atoms with E-state index in [9.17, 15) is 8.42 Å². The number of nitrogens with one attached hydrogen (secondary N) is 1. The minimum Gasteiger partial charge on any atom is -0.392 e. The molecule has 4 nitrogen and oxygen atoms in total. The van der Waals surface area contributed by atoms with Crippen LogP contribution in [0.15, 0.2) is 0 Å². The van der Waals surface area contributed by atoms with Gasteiger partial charge in [-0.05, 0) is 20.8 Å². The van der Waals surface area contributed by atoms with Crippen molar-refractivity contribution < 1.29 is 13.5 Å². The minimum atomic E-state index is -3.20. The third kappa shape index (κ3) is 4.34. The third-order valence-electron chi connectivity index (χ3n) is 1.20. The maximum absolute atomic E-state index is 11.0. The Morgan fingerprint density at radius 3 is 2.09 bits per heavy atom. The van der Waals surface area contributed by atoms with Crippen LogP contribution in [-0.4, -0.2) is 31.4 Å². The molecule has 2 N–H and O–H groups in total. The molecule has 0 spiro atoms. The lowest BCUT2D eigenvalue weighted by molar-refractivity contribution is 0.198. The van der Waals surface area contributed by atoms with Gasteiger partial charge in [-0.3, -0.25) is 0 Å². The van der Waals surface area contributed by atoms with E-state index in [2.05, 4.69) is 4.72 Å². The normalized spacial score (nSPS) is 15.4. The molecule has 1 atom stereocenters. The molecule has 0 aliphatic carbocycles. The molecule has 0 aromatic carbocycles. The summed E-state index contributed by atoms with van der Waals surface area (Å²) < 4.78 is 24.3. The quantitative estimate of drug-likeness (QED) is 0.625. The summed E-state index contributed by atoms with van der Waals surface area (Å²) in [6.07, 6.45) is -0.636. The smallest absolute Gasteiger partial charge is 0.214 e. The summed E-state index contributed by atoms with van der Waals surface area (Å²) >= 11 is 0. The fourth-order valence-corrected chi connectivity index (χ4v) is 1.21. The Morgan fingerprint density at radius 1 is 1.36 bits per heavy atom. The zero-order valence-electron chi connectivity index (χ0n) is 7.03. The number of hydrogen-bond acceptors (Lipinski definition) is 3. The van der Waals surface area contributed by atoms with Gasteiger partial charge in [-0.1, -0.05) is 0 Å². The van der Waals surface area contributed by atoms with Crippen molar-refractivity contribution >= 4 is 10.0 Å². The van der Waals surface area contributed by atoms with Crippen LogP contribution in [0.25, 0.3) is 0 Å². The van der Waals surface area contributed by atoms with Crippen LogP contribution >= 0.6 is 0 Å². The molecule has 0 rings (SSSR count). The number of aliphatic hydroxyl groups is 1. The monoisotopic (exact) mass is 181 g/mol. The second-order valence-corrected chi connectivity index (χ2v) is 5.11. The molecular formula is C6H15NO3S. The second-order valence-electron chi connectivity index (χ2n) is 2.79. The number of sulfonamides is 1.